The number of carbonyl (C=O) groups excluding carboxylic acids is 1. The van der Waals surface area contributed by atoms with E-state index in [1.807, 2.05) is 0 Å². The van der Waals surface area contributed by atoms with Gasteiger partial charge in [-0.15, -0.1) is 0 Å². The lowest BCUT2D eigenvalue weighted by atomic mass is 10.1. The summed E-state index contributed by atoms with van der Waals surface area (Å²) in [5.41, 5.74) is 6.58. The molecule has 0 aliphatic carbocycles. The highest BCUT2D eigenvalue weighted by Gasteiger charge is 2.14. The van der Waals surface area contributed by atoms with Gasteiger partial charge >= 0.3 is 0 Å². The summed E-state index contributed by atoms with van der Waals surface area (Å²) in [5, 5.41) is 2.83. The highest BCUT2D eigenvalue weighted by atomic mass is 16.2. The third-order valence-corrected chi connectivity index (χ3v) is 2.55. The molecule has 5 nitrogen and oxygen atoms in total. The molecule has 1 aromatic heterocycles. The molecule has 1 rings (SSSR count). The zero-order valence-electron chi connectivity index (χ0n) is 10.1. The van der Waals surface area contributed by atoms with Gasteiger partial charge in [-0.3, -0.25) is 4.79 Å². The maximum atomic E-state index is 11.6. The topological polar surface area (TPSA) is 83.8 Å². The van der Waals surface area contributed by atoms with Crippen LogP contribution in [0.2, 0.25) is 0 Å². The van der Waals surface area contributed by atoms with Crippen molar-refractivity contribution in [2.45, 2.75) is 38.1 Å². The first-order chi connectivity index (χ1) is 8.24. The summed E-state index contributed by atoms with van der Waals surface area (Å²) in [7, 11) is 0. The predicted octanol–water partition coefficient (Wildman–Crippen LogP) is 0.790. The third kappa shape index (κ3) is 5.49. The number of hydrogen-bond acceptors (Lipinski definition) is 3. The molecule has 4 N–H and O–H groups in total. The number of rotatable bonds is 8. The lowest BCUT2D eigenvalue weighted by Gasteiger charge is -2.10. The van der Waals surface area contributed by atoms with Crippen LogP contribution in [-0.2, 0) is 11.2 Å². The monoisotopic (exact) mass is 237 g/mol. The molecular weight excluding hydrogens is 216 g/mol. The number of imidazole rings is 1. The first-order valence-electron chi connectivity index (χ1n) is 6.04. The summed E-state index contributed by atoms with van der Waals surface area (Å²) in [6.07, 6.45) is 7.94. The van der Waals surface area contributed by atoms with Crippen LogP contribution in [0.4, 0.5) is 0 Å². The molecule has 0 fully saturated rings. The number of aromatic amines is 1. The number of hydrogen-bond donors (Lipinski definition) is 3. The van der Waals surface area contributed by atoms with Crippen LogP contribution in [0.3, 0.4) is 0 Å². The fourth-order valence-electron chi connectivity index (χ4n) is 1.54. The molecule has 1 radical (unpaired) electrons. The molecule has 5 heteroatoms. The molecule has 0 spiro atoms. The zero-order valence-corrected chi connectivity index (χ0v) is 10.1. The van der Waals surface area contributed by atoms with Gasteiger partial charge in [0.15, 0.2) is 0 Å². The Hall–Kier alpha value is -1.36. The Kier molecular flexibility index (Phi) is 6.32. The maximum absolute atomic E-state index is 11.6. The summed E-state index contributed by atoms with van der Waals surface area (Å²) in [6, 6.07) is -0.522. The number of carbonyl (C=O) groups is 1. The fourth-order valence-corrected chi connectivity index (χ4v) is 1.54. The van der Waals surface area contributed by atoms with E-state index >= 15 is 0 Å². The maximum Gasteiger partial charge on any atom is 0.237 e. The first kappa shape index (κ1) is 13.7. The van der Waals surface area contributed by atoms with Crippen molar-refractivity contribution in [2.75, 3.05) is 6.54 Å². The van der Waals surface area contributed by atoms with Crippen molar-refractivity contribution in [1.29, 1.82) is 0 Å². The molecule has 1 atom stereocenters. The van der Waals surface area contributed by atoms with Crippen LogP contribution in [0.15, 0.2) is 12.5 Å². The van der Waals surface area contributed by atoms with Gasteiger partial charge in [0.2, 0.25) is 5.91 Å². The van der Waals surface area contributed by atoms with Crippen molar-refractivity contribution in [3.05, 3.63) is 25.1 Å². The Labute approximate surface area is 102 Å². The fraction of sp³-hybridized carbons (Fsp3) is 0.583. The SMILES string of the molecule is [CH2]CCCCCNC(=O)[C@@H](N)Cc1c[nH]cn1. The standard InChI is InChI=1S/C12H21N4O/c1-2-3-4-5-6-15-12(17)11(13)7-10-8-14-9-16-10/h8-9,11H,1-7,13H2,(H,14,16)(H,15,17)/t11-/m0/s1. The summed E-state index contributed by atoms with van der Waals surface area (Å²) in [5.74, 6) is -0.109. The van der Waals surface area contributed by atoms with Gasteiger partial charge in [0.1, 0.15) is 0 Å². The number of amides is 1. The first-order valence-corrected chi connectivity index (χ1v) is 6.04. The van der Waals surface area contributed by atoms with E-state index in [0.717, 1.165) is 31.4 Å². The van der Waals surface area contributed by atoms with E-state index in [4.69, 9.17) is 5.73 Å². The molecule has 0 unspecified atom stereocenters. The molecule has 95 valence electrons. The minimum atomic E-state index is -0.522. The molecule has 0 saturated carbocycles. The van der Waals surface area contributed by atoms with Crippen molar-refractivity contribution in [3.63, 3.8) is 0 Å². The predicted molar refractivity (Wildman–Crippen MR) is 67.1 cm³/mol. The Morgan fingerprint density at radius 3 is 3.00 bits per heavy atom. The van der Waals surface area contributed by atoms with Gasteiger partial charge in [0.05, 0.1) is 18.1 Å². The van der Waals surface area contributed by atoms with Crippen molar-refractivity contribution in [2.24, 2.45) is 5.73 Å². The van der Waals surface area contributed by atoms with Crippen molar-refractivity contribution in [1.82, 2.24) is 15.3 Å². The van der Waals surface area contributed by atoms with Crippen LogP contribution in [0.5, 0.6) is 0 Å². The largest absolute Gasteiger partial charge is 0.355 e. The van der Waals surface area contributed by atoms with E-state index in [2.05, 4.69) is 22.2 Å². The smallest absolute Gasteiger partial charge is 0.237 e. The van der Waals surface area contributed by atoms with Crippen molar-refractivity contribution >= 4 is 5.91 Å². The summed E-state index contributed by atoms with van der Waals surface area (Å²) in [6.45, 7) is 4.46. The summed E-state index contributed by atoms with van der Waals surface area (Å²) in [4.78, 5) is 18.5. The van der Waals surface area contributed by atoms with Gasteiger partial charge in [0.25, 0.3) is 0 Å². The normalized spacial score (nSPS) is 12.4. The van der Waals surface area contributed by atoms with Crippen molar-refractivity contribution < 1.29 is 4.79 Å². The Bertz CT molecular complexity index is 310. The van der Waals surface area contributed by atoms with E-state index in [0.29, 0.717) is 13.0 Å². The molecule has 1 aromatic rings. The highest BCUT2D eigenvalue weighted by molar-refractivity contribution is 5.81. The van der Waals surface area contributed by atoms with Gasteiger partial charge in [-0.2, -0.15) is 0 Å². The molecule has 0 bridgehead atoms. The second-order valence-corrected chi connectivity index (χ2v) is 4.08. The molecule has 1 amide bonds. The van der Waals surface area contributed by atoms with Gasteiger partial charge in [-0.25, -0.2) is 4.98 Å². The number of aromatic nitrogens is 2. The van der Waals surface area contributed by atoms with E-state index < -0.39 is 6.04 Å². The third-order valence-electron chi connectivity index (χ3n) is 2.55. The van der Waals surface area contributed by atoms with Gasteiger partial charge in [0, 0.05) is 19.2 Å². The second-order valence-electron chi connectivity index (χ2n) is 4.08. The molecule has 0 aromatic carbocycles. The van der Waals surface area contributed by atoms with Crippen LogP contribution < -0.4 is 11.1 Å². The van der Waals surface area contributed by atoms with Crippen LogP contribution in [-0.4, -0.2) is 28.5 Å². The average Bonchev–Trinajstić information content (AvgIpc) is 2.81. The molecule has 0 saturated heterocycles. The van der Waals surface area contributed by atoms with Gasteiger partial charge in [-0.1, -0.05) is 26.2 Å². The van der Waals surface area contributed by atoms with E-state index in [-0.39, 0.29) is 5.91 Å². The average molecular weight is 237 g/mol. The van der Waals surface area contributed by atoms with Crippen LogP contribution in [0.25, 0.3) is 0 Å². The van der Waals surface area contributed by atoms with E-state index in [1.54, 1.807) is 12.5 Å². The van der Waals surface area contributed by atoms with Crippen molar-refractivity contribution in [3.8, 4) is 0 Å². The van der Waals surface area contributed by atoms with E-state index in [1.165, 1.54) is 0 Å². The lowest BCUT2D eigenvalue weighted by Crippen LogP contribution is -2.42. The molecule has 0 aliphatic heterocycles. The van der Waals surface area contributed by atoms with Crippen LogP contribution in [0.1, 0.15) is 31.4 Å². The molecule has 0 aliphatic rings. The number of H-pyrrole nitrogens is 1. The molecular formula is C12H21N4O. The minimum absolute atomic E-state index is 0.109. The minimum Gasteiger partial charge on any atom is -0.355 e. The number of nitrogens with one attached hydrogen (secondary N) is 2. The number of nitrogens with two attached hydrogens (primary N) is 1. The highest BCUT2D eigenvalue weighted by Crippen LogP contribution is 1.98. The Morgan fingerprint density at radius 1 is 1.53 bits per heavy atom. The number of unbranched alkanes of at least 4 members (excludes halogenated alkanes) is 3. The Balaban J connectivity index is 2.14. The van der Waals surface area contributed by atoms with Gasteiger partial charge < -0.3 is 16.0 Å². The lowest BCUT2D eigenvalue weighted by molar-refractivity contribution is -0.122. The summed E-state index contributed by atoms with van der Waals surface area (Å²) < 4.78 is 0. The quantitative estimate of drug-likeness (QED) is 0.584. The molecule has 17 heavy (non-hydrogen) atoms. The van der Waals surface area contributed by atoms with Crippen LogP contribution in [0, 0.1) is 6.92 Å². The van der Waals surface area contributed by atoms with E-state index in [9.17, 15) is 4.79 Å². The number of nitrogens with zero attached hydrogens (tertiary/aromatic N) is 1. The molecule has 1 heterocycles. The Morgan fingerprint density at radius 2 is 2.35 bits per heavy atom. The second kappa shape index (κ2) is 7.84. The van der Waals surface area contributed by atoms with Gasteiger partial charge in [-0.05, 0) is 6.42 Å². The van der Waals surface area contributed by atoms with Crippen LogP contribution >= 0.6 is 0 Å². The zero-order chi connectivity index (χ0) is 12.5. The summed E-state index contributed by atoms with van der Waals surface area (Å²) >= 11 is 0.